The molecule has 0 atom stereocenters. The minimum atomic E-state index is 0.657. The summed E-state index contributed by atoms with van der Waals surface area (Å²) in [5.74, 6) is 0. The van der Waals surface area contributed by atoms with Gasteiger partial charge in [-0.2, -0.15) is 0 Å². The van der Waals surface area contributed by atoms with E-state index < -0.39 is 0 Å². The lowest BCUT2D eigenvalue weighted by atomic mass is 10.1. The molecule has 1 saturated carbocycles. The van der Waals surface area contributed by atoms with E-state index in [1.54, 1.807) is 0 Å². The molecule has 0 unspecified atom stereocenters. The Morgan fingerprint density at radius 3 is 2.41 bits per heavy atom. The van der Waals surface area contributed by atoms with Crippen LogP contribution in [0.2, 0.25) is 10.0 Å². The van der Waals surface area contributed by atoms with Gasteiger partial charge < -0.3 is 5.32 Å². The lowest BCUT2D eigenvalue weighted by molar-refractivity contribution is 0.459. The third-order valence-corrected chi connectivity index (χ3v) is 4.04. The van der Waals surface area contributed by atoms with Gasteiger partial charge in [0, 0.05) is 22.6 Å². The second kappa shape index (κ2) is 6.63. The van der Waals surface area contributed by atoms with Crippen LogP contribution in [-0.2, 0) is 6.54 Å². The lowest BCUT2D eigenvalue weighted by Gasteiger charge is -2.16. The van der Waals surface area contributed by atoms with Gasteiger partial charge in [-0.1, -0.05) is 55.0 Å². The first-order valence-corrected chi connectivity index (χ1v) is 7.18. The van der Waals surface area contributed by atoms with Crippen molar-refractivity contribution < 1.29 is 0 Å². The van der Waals surface area contributed by atoms with Crippen molar-refractivity contribution in [2.24, 2.45) is 0 Å². The fourth-order valence-corrected chi connectivity index (χ4v) is 2.88. The first-order valence-electron chi connectivity index (χ1n) is 6.43. The van der Waals surface area contributed by atoms with Crippen molar-refractivity contribution in [1.29, 1.82) is 0 Å². The Labute approximate surface area is 114 Å². The molecular formula is C14H19Cl2N. The molecule has 1 N–H and O–H groups in total. The van der Waals surface area contributed by atoms with Crippen molar-refractivity contribution in [1.82, 2.24) is 5.32 Å². The molecule has 2 rings (SSSR count). The topological polar surface area (TPSA) is 12.0 Å². The van der Waals surface area contributed by atoms with Gasteiger partial charge in [0.05, 0.1) is 0 Å². The summed E-state index contributed by atoms with van der Waals surface area (Å²) in [5, 5.41) is 5.08. The van der Waals surface area contributed by atoms with Crippen molar-refractivity contribution in [2.45, 2.75) is 51.1 Å². The number of rotatable bonds is 3. The summed E-state index contributed by atoms with van der Waals surface area (Å²) < 4.78 is 0. The fourth-order valence-electron chi connectivity index (χ4n) is 2.40. The van der Waals surface area contributed by atoms with Gasteiger partial charge in [0.25, 0.3) is 0 Å². The highest BCUT2D eigenvalue weighted by atomic mass is 35.5. The normalized spacial score (nSPS) is 18.0. The summed E-state index contributed by atoms with van der Waals surface area (Å²) in [6.07, 6.45) is 8.08. The number of hydrogen-bond donors (Lipinski definition) is 1. The largest absolute Gasteiger partial charge is 0.310 e. The quantitative estimate of drug-likeness (QED) is 0.779. The molecule has 1 aliphatic rings. The Morgan fingerprint density at radius 2 is 1.76 bits per heavy atom. The smallest absolute Gasteiger partial charge is 0.0465 e. The number of halogens is 2. The van der Waals surface area contributed by atoms with E-state index in [9.17, 15) is 0 Å². The van der Waals surface area contributed by atoms with Crippen molar-refractivity contribution in [3.63, 3.8) is 0 Å². The summed E-state index contributed by atoms with van der Waals surface area (Å²) in [7, 11) is 0. The van der Waals surface area contributed by atoms with Crippen LogP contribution in [0.5, 0.6) is 0 Å². The molecule has 1 fully saturated rings. The molecule has 0 aliphatic heterocycles. The van der Waals surface area contributed by atoms with Crippen molar-refractivity contribution >= 4 is 23.2 Å². The van der Waals surface area contributed by atoms with Gasteiger partial charge in [-0.25, -0.2) is 0 Å². The predicted molar refractivity (Wildman–Crippen MR) is 74.8 cm³/mol. The van der Waals surface area contributed by atoms with Gasteiger partial charge in [0.2, 0.25) is 0 Å². The van der Waals surface area contributed by atoms with E-state index in [0.29, 0.717) is 11.1 Å². The first-order chi connectivity index (χ1) is 8.25. The number of nitrogens with one attached hydrogen (secondary N) is 1. The average molecular weight is 272 g/mol. The minimum absolute atomic E-state index is 0.657. The Balaban J connectivity index is 1.88. The van der Waals surface area contributed by atoms with Crippen LogP contribution in [0.4, 0.5) is 0 Å². The summed E-state index contributed by atoms with van der Waals surface area (Å²) in [6, 6.07) is 6.38. The monoisotopic (exact) mass is 271 g/mol. The molecular weight excluding hydrogens is 253 g/mol. The molecule has 3 heteroatoms. The highest BCUT2D eigenvalue weighted by Gasteiger charge is 2.12. The van der Waals surface area contributed by atoms with E-state index in [1.165, 1.54) is 38.5 Å². The van der Waals surface area contributed by atoms with Crippen LogP contribution in [0.15, 0.2) is 18.2 Å². The zero-order valence-corrected chi connectivity index (χ0v) is 11.5. The van der Waals surface area contributed by atoms with Crippen LogP contribution in [0.3, 0.4) is 0 Å². The average Bonchev–Trinajstić information content (AvgIpc) is 2.56. The molecule has 1 nitrogen and oxygen atoms in total. The SMILES string of the molecule is Clc1ccc(CNC2CCCCCC2)c(Cl)c1. The maximum Gasteiger partial charge on any atom is 0.0465 e. The third kappa shape index (κ3) is 4.17. The van der Waals surface area contributed by atoms with E-state index in [1.807, 2.05) is 18.2 Å². The van der Waals surface area contributed by atoms with Crippen molar-refractivity contribution in [3.05, 3.63) is 33.8 Å². The maximum absolute atomic E-state index is 6.16. The van der Waals surface area contributed by atoms with Crippen LogP contribution in [-0.4, -0.2) is 6.04 Å². The summed E-state index contributed by atoms with van der Waals surface area (Å²) >= 11 is 12.0. The van der Waals surface area contributed by atoms with Crippen molar-refractivity contribution in [3.8, 4) is 0 Å². The molecule has 0 bridgehead atoms. The van der Waals surface area contributed by atoms with Gasteiger partial charge in [-0.3, -0.25) is 0 Å². The molecule has 0 spiro atoms. The molecule has 0 saturated heterocycles. The minimum Gasteiger partial charge on any atom is -0.310 e. The third-order valence-electron chi connectivity index (χ3n) is 3.45. The fraction of sp³-hybridized carbons (Fsp3) is 0.571. The molecule has 0 aromatic heterocycles. The number of hydrogen-bond acceptors (Lipinski definition) is 1. The Morgan fingerprint density at radius 1 is 1.06 bits per heavy atom. The van der Waals surface area contributed by atoms with E-state index in [-0.39, 0.29) is 0 Å². The van der Waals surface area contributed by atoms with E-state index >= 15 is 0 Å². The van der Waals surface area contributed by atoms with E-state index in [0.717, 1.165) is 17.1 Å². The lowest BCUT2D eigenvalue weighted by Crippen LogP contribution is -2.27. The van der Waals surface area contributed by atoms with Crippen LogP contribution < -0.4 is 5.32 Å². The number of benzene rings is 1. The molecule has 1 aliphatic carbocycles. The van der Waals surface area contributed by atoms with E-state index in [4.69, 9.17) is 23.2 Å². The molecule has 0 amide bonds. The van der Waals surface area contributed by atoms with Crippen LogP contribution in [0.25, 0.3) is 0 Å². The Hall–Kier alpha value is -0.240. The standard InChI is InChI=1S/C14H19Cl2N/c15-12-8-7-11(14(16)9-12)10-17-13-5-3-1-2-4-6-13/h7-9,13,17H,1-6,10H2. The van der Waals surface area contributed by atoms with Gasteiger partial charge in [-0.05, 0) is 30.5 Å². The summed E-state index contributed by atoms with van der Waals surface area (Å²) in [4.78, 5) is 0. The molecule has 0 heterocycles. The Bertz CT molecular complexity index is 357. The maximum atomic E-state index is 6.16. The van der Waals surface area contributed by atoms with Gasteiger partial charge >= 0.3 is 0 Å². The predicted octanol–water partition coefficient (Wildman–Crippen LogP) is 4.81. The molecule has 17 heavy (non-hydrogen) atoms. The second-order valence-electron chi connectivity index (χ2n) is 4.81. The summed E-state index contributed by atoms with van der Waals surface area (Å²) in [6.45, 7) is 0.848. The van der Waals surface area contributed by atoms with Gasteiger partial charge in [0.15, 0.2) is 0 Å². The van der Waals surface area contributed by atoms with Crippen LogP contribution in [0, 0.1) is 0 Å². The van der Waals surface area contributed by atoms with Crippen molar-refractivity contribution in [2.75, 3.05) is 0 Å². The highest BCUT2D eigenvalue weighted by Crippen LogP contribution is 2.22. The first kappa shape index (κ1) is 13.2. The van der Waals surface area contributed by atoms with Crippen LogP contribution in [0.1, 0.15) is 44.1 Å². The van der Waals surface area contributed by atoms with E-state index in [2.05, 4.69) is 5.32 Å². The molecule has 0 radical (unpaired) electrons. The summed E-state index contributed by atoms with van der Waals surface area (Å²) in [5.41, 5.74) is 1.14. The molecule has 1 aromatic rings. The van der Waals surface area contributed by atoms with Gasteiger partial charge in [0.1, 0.15) is 0 Å². The zero-order chi connectivity index (χ0) is 12.1. The highest BCUT2D eigenvalue weighted by molar-refractivity contribution is 6.35. The molecule has 1 aromatic carbocycles. The Kier molecular flexibility index (Phi) is 5.15. The van der Waals surface area contributed by atoms with Gasteiger partial charge in [-0.15, -0.1) is 0 Å². The second-order valence-corrected chi connectivity index (χ2v) is 5.65. The molecule has 94 valence electrons. The zero-order valence-electron chi connectivity index (χ0n) is 10.0. The van der Waals surface area contributed by atoms with Crippen LogP contribution >= 0.6 is 23.2 Å².